The van der Waals surface area contributed by atoms with Gasteiger partial charge in [0, 0.05) is 12.2 Å². The zero-order chi connectivity index (χ0) is 14.1. The Kier molecular flexibility index (Phi) is 3.32. The van der Waals surface area contributed by atoms with Crippen molar-refractivity contribution in [2.45, 2.75) is 13.8 Å². The number of hydrogen-bond donors (Lipinski definition) is 1. The number of nitrogens with zero attached hydrogens (tertiary/aromatic N) is 2. The molecule has 0 saturated heterocycles. The van der Waals surface area contributed by atoms with Crippen LogP contribution in [-0.4, -0.2) is 11.5 Å². The number of benzene rings is 2. The zero-order valence-corrected chi connectivity index (χ0v) is 12.4. The van der Waals surface area contributed by atoms with E-state index in [0.717, 1.165) is 33.8 Å². The Morgan fingerprint density at radius 1 is 1.25 bits per heavy atom. The highest BCUT2D eigenvalue weighted by Crippen LogP contribution is 2.36. The van der Waals surface area contributed by atoms with E-state index in [-0.39, 0.29) is 0 Å². The molecule has 0 spiro atoms. The molecule has 0 radical (unpaired) electrons. The molecule has 0 aliphatic heterocycles. The smallest absolute Gasteiger partial charge is 0.106 e. The predicted octanol–water partition coefficient (Wildman–Crippen LogP) is 4.34. The third-order valence-electron chi connectivity index (χ3n) is 3.44. The summed E-state index contributed by atoms with van der Waals surface area (Å²) in [4.78, 5) is 6.60. The predicted molar refractivity (Wildman–Crippen MR) is 87.9 cm³/mol. The summed E-state index contributed by atoms with van der Waals surface area (Å²) < 4.78 is 1.13. The average molecular weight is 283 g/mol. The molecule has 3 nitrogen and oxygen atoms in total. The highest BCUT2D eigenvalue weighted by molar-refractivity contribution is 7.16. The lowest BCUT2D eigenvalue weighted by Gasteiger charge is -2.25. The third-order valence-corrected chi connectivity index (χ3v) is 4.23. The van der Waals surface area contributed by atoms with Crippen LogP contribution in [0.1, 0.15) is 12.5 Å². The molecule has 1 aromatic heterocycles. The number of hydrogen-bond acceptors (Lipinski definition) is 4. The Labute approximate surface area is 122 Å². The molecule has 3 rings (SSSR count). The molecule has 0 fully saturated rings. The van der Waals surface area contributed by atoms with Gasteiger partial charge in [-0.15, -0.1) is 11.3 Å². The van der Waals surface area contributed by atoms with E-state index in [1.54, 1.807) is 11.3 Å². The topological polar surface area (TPSA) is 42.2 Å². The number of aryl methyl sites for hydroxylation is 1. The first-order chi connectivity index (χ1) is 9.70. The number of aromatic nitrogens is 1. The summed E-state index contributed by atoms with van der Waals surface area (Å²) in [5.74, 6) is 0. The van der Waals surface area contributed by atoms with E-state index in [4.69, 9.17) is 5.73 Å². The van der Waals surface area contributed by atoms with Gasteiger partial charge in [0.1, 0.15) is 5.52 Å². The molecular weight excluding hydrogens is 266 g/mol. The monoisotopic (exact) mass is 283 g/mol. The number of rotatable bonds is 3. The maximum atomic E-state index is 6.32. The van der Waals surface area contributed by atoms with Crippen molar-refractivity contribution in [3.05, 3.63) is 47.5 Å². The molecule has 0 bridgehead atoms. The van der Waals surface area contributed by atoms with Gasteiger partial charge in [0.05, 0.1) is 21.6 Å². The lowest BCUT2D eigenvalue weighted by atomic mass is 10.1. The zero-order valence-electron chi connectivity index (χ0n) is 11.6. The molecule has 1 heterocycles. The van der Waals surface area contributed by atoms with E-state index in [2.05, 4.69) is 60.1 Å². The van der Waals surface area contributed by atoms with Gasteiger partial charge in [0.15, 0.2) is 0 Å². The van der Waals surface area contributed by atoms with Crippen LogP contribution in [-0.2, 0) is 0 Å². The minimum Gasteiger partial charge on any atom is -0.395 e. The average Bonchev–Trinajstić information content (AvgIpc) is 2.91. The maximum Gasteiger partial charge on any atom is 0.106 e. The van der Waals surface area contributed by atoms with Crippen molar-refractivity contribution in [1.29, 1.82) is 0 Å². The van der Waals surface area contributed by atoms with Crippen molar-refractivity contribution in [2.24, 2.45) is 0 Å². The Balaban J connectivity index is 2.13. The molecule has 0 aliphatic carbocycles. The summed E-state index contributed by atoms with van der Waals surface area (Å²) >= 11 is 1.62. The minimum absolute atomic E-state index is 0.757. The van der Waals surface area contributed by atoms with Crippen LogP contribution in [0.15, 0.2) is 41.9 Å². The Hall–Kier alpha value is -2.07. The summed E-state index contributed by atoms with van der Waals surface area (Å²) in [6, 6.07) is 12.6. The normalized spacial score (nSPS) is 10.9. The highest BCUT2D eigenvalue weighted by Gasteiger charge is 2.14. The van der Waals surface area contributed by atoms with Crippen molar-refractivity contribution in [3.63, 3.8) is 0 Å². The number of fused-ring (bicyclic) bond motifs is 1. The molecule has 102 valence electrons. The number of nitrogen functional groups attached to an aromatic ring is 1. The molecule has 3 aromatic rings. The summed E-state index contributed by atoms with van der Waals surface area (Å²) in [7, 11) is 0. The molecule has 0 aliphatic rings. The third kappa shape index (κ3) is 2.12. The second kappa shape index (κ2) is 5.13. The van der Waals surface area contributed by atoms with Gasteiger partial charge in [-0.1, -0.05) is 12.1 Å². The molecule has 0 unspecified atom stereocenters. The highest BCUT2D eigenvalue weighted by atomic mass is 32.1. The largest absolute Gasteiger partial charge is 0.395 e. The number of nitrogens with two attached hydrogens (primary N) is 1. The number of thiazole rings is 1. The second-order valence-corrected chi connectivity index (χ2v) is 5.67. The van der Waals surface area contributed by atoms with E-state index < -0.39 is 0 Å². The van der Waals surface area contributed by atoms with Gasteiger partial charge in [-0.2, -0.15) is 0 Å². The maximum absolute atomic E-state index is 6.32. The molecule has 0 amide bonds. The van der Waals surface area contributed by atoms with E-state index >= 15 is 0 Å². The minimum atomic E-state index is 0.757. The molecule has 2 aromatic carbocycles. The lowest BCUT2D eigenvalue weighted by molar-refractivity contribution is 1.02. The van der Waals surface area contributed by atoms with Crippen molar-refractivity contribution >= 4 is 38.6 Å². The van der Waals surface area contributed by atoms with Crippen LogP contribution in [0.2, 0.25) is 0 Å². The van der Waals surface area contributed by atoms with E-state index in [9.17, 15) is 0 Å². The van der Waals surface area contributed by atoms with Crippen molar-refractivity contribution in [1.82, 2.24) is 4.98 Å². The first kappa shape index (κ1) is 12.9. The summed E-state index contributed by atoms with van der Waals surface area (Å²) in [6.45, 7) is 5.10. The fourth-order valence-electron chi connectivity index (χ4n) is 2.46. The van der Waals surface area contributed by atoms with Gasteiger partial charge in [-0.05, 0) is 43.7 Å². The summed E-state index contributed by atoms with van der Waals surface area (Å²) in [6.07, 6.45) is 0. The van der Waals surface area contributed by atoms with Gasteiger partial charge in [0.2, 0.25) is 0 Å². The molecule has 0 saturated carbocycles. The molecule has 4 heteroatoms. The second-order valence-electron chi connectivity index (χ2n) is 4.78. The standard InChI is InChI=1S/C16H17N3S/c1-3-19(12-6-4-5-11(2)9-12)13-7-8-14-16(15(13)17)18-10-20-14/h4-10H,3,17H2,1-2H3. The molecule has 2 N–H and O–H groups in total. The summed E-state index contributed by atoms with van der Waals surface area (Å²) in [5, 5.41) is 0. The van der Waals surface area contributed by atoms with E-state index in [1.165, 1.54) is 5.56 Å². The Morgan fingerprint density at radius 3 is 2.85 bits per heavy atom. The summed E-state index contributed by atoms with van der Waals surface area (Å²) in [5.41, 5.74) is 13.2. The van der Waals surface area contributed by atoms with Crippen molar-refractivity contribution in [2.75, 3.05) is 17.2 Å². The number of anilines is 3. The van der Waals surface area contributed by atoms with Crippen LogP contribution in [0, 0.1) is 6.92 Å². The van der Waals surface area contributed by atoms with Gasteiger partial charge >= 0.3 is 0 Å². The van der Waals surface area contributed by atoms with E-state index in [1.807, 2.05) is 5.51 Å². The fraction of sp³-hybridized carbons (Fsp3) is 0.188. The first-order valence-electron chi connectivity index (χ1n) is 6.66. The molecular formula is C16H17N3S. The van der Waals surface area contributed by atoms with Crippen molar-refractivity contribution < 1.29 is 0 Å². The SMILES string of the molecule is CCN(c1cccc(C)c1)c1ccc2scnc2c1N. The quantitative estimate of drug-likeness (QED) is 0.727. The van der Waals surface area contributed by atoms with Gasteiger partial charge in [0.25, 0.3) is 0 Å². The van der Waals surface area contributed by atoms with Crippen LogP contribution < -0.4 is 10.6 Å². The van der Waals surface area contributed by atoms with Crippen LogP contribution in [0.25, 0.3) is 10.2 Å². The fourth-order valence-corrected chi connectivity index (χ4v) is 3.16. The van der Waals surface area contributed by atoms with Crippen molar-refractivity contribution in [3.8, 4) is 0 Å². The Morgan fingerprint density at radius 2 is 2.10 bits per heavy atom. The lowest BCUT2D eigenvalue weighted by Crippen LogP contribution is -2.17. The van der Waals surface area contributed by atoms with Crippen LogP contribution in [0.5, 0.6) is 0 Å². The van der Waals surface area contributed by atoms with Gasteiger partial charge in [-0.3, -0.25) is 0 Å². The van der Waals surface area contributed by atoms with Gasteiger partial charge < -0.3 is 10.6 Å². The molecule has 20 heavy (non-hydrogen) atoms. The Bertz CT molecular complexity index is 748. The van der Waals surface area contributed by atoms with Crippen LogP contribution in [0.4, 0.5) is 17.1 Å². The van der Waals surface area contributed by atoms with Crippen LogP contribution in [0.3, 0.4) is 0 Å². The van der Waals surface area contributed by atoms with Gasteiger partial charge in [-0.25, -0.2) is 4.98 Å². The molecule has 0 atom stereocenters. The van der Waals surface area contributed by atoms with Crippen LogP contribution >= 0.6 is 11.3 Å². The van der Waals surface area contributed by atoms with E-state index in [0.29, 0.717) is 0 Å². The first-order valence-corrected chi connectivity index (χ1v) is 7.54.